The molecule has 0 bridgehead atoms. The zero-order valence-electron chi connectivity index (χ0n) is 14.0. The molecule has 4 rings (SSSR count). The monoisotopic (exact) mass is 475 g/mol. The van der Waals surface area contributed by atoms with E-state index in [1.54, 1.807) is 48.5 Å². The third-order valence-electron chi connectivity index (χ3n) is 3.78. The number of nitrogens with zero attached hydrogens (tertiary/aromatic N) is 1. The van der Waals surface area contributed by atoms with E-state index in [1.165, 1.54) is 17.6 Å². The molecule has 0 unspecified atom stereocenters. The summed E-state index contributed by atoms with van der Waals surface area (Å²) in [6.07, 6.45) is 1.43. The van der Waals surface area contributed by atoms with Crippen LogP contribution in [0.5, 0.6) is 0 Å². The number of amides is 2. The zero-order chi connectivity index (χ0) is 19.7. The molecule has 2 heterocycles. The first-order chi connectivity index (χ1) is 13.5. The summed E-state index contributed by atoms with van der Waals surface area (Å²) in [5.74, 6) is -0.485. The molecule has 0 saturated carbocycles. The lowest BCUT2D eigenvalue weighted by Crippen LogP contribution is -2.12. The molecule has 4 aromatic rings. The number of aromatic nitrogens is 1. The number of benzene rings is 2. The number of halogens is 2. The van der Waals surface area contributed by atoms with Gasteiger partial charge in [0.1, 0.15) is 0 Å². The van der Waals surface area contributed by atoms with E-state index in [4.69, 9.17) is 16.0 Å². The second-order valence-electron chi connectivity index (χ2n) is 5.71. The van der Waals surface area contributed by atoms with Crippen LogP contribution in [-0.2, 0) is 0 Å². The highest BCUT2D eigenvalue weighted by molar-refractivity contribution is 9.10. The van der Waals surface area contributed by atoms with Crippen molar-refractivity contribution in [3.05, 3.63) is 75.6 Å². The third-order valence-corrected chi connectivity index (χ3v) is 5.54. The van der Waals surface area contributed by atoms with Gasteiger partial charge in [-0.25, -0.2) is 4.98 Å². The van der Waals surface area contributed by atoms with Gasteiger partial charge < -0.3 is 9.73 Å². The first-order valence-corrected chi connectivity index (χ1v) is 10.0. The average molecular weight is 477 g/mol. The van der Waals surface area contributed by atoms with Gasteiger partial charge in [-0.2, -0.15) is 0 Å². The summed E-state index contributed by atoms with van der Waals surface area (Å²) in [6, 6.07) is 13.6. The number of anilines is 2. The minimum Gasteiger partial charge on any atom is -0.459 e. The van der Waals surface area contributed by atoms with Gasteiger partial charge in [0.25, 0.3) is 11.8 Å². The molecule has 0 atom stereocenters. The molecule has 2 N–H and O–H groups in total. The number of thiazole rings is 1. The molecular weight excluding hydrogens is 466 g/mol. The van der Waals surface area contributed by atoms with Crippen LogP contribution in [-0.4, -0.2) is 16.8 Å². The predicted molar refractivity (Wildman–Crippen MR) is 113 cm³/mol. The Morgan fingerprint density at radius 3 is 2.71 bits per heavy atom. The third kappa shape index (κ3) is 3.94. The number of carbonyl (C=O) groups excluding carboxylic acids is 2. The molecule has 2 aromatic heterocycles. The summed E-state index contributed by atoms with van der Waals surface area (Å²) in [4.78, 5) is 29.0. The number of hydrogen-bond donors (Lipinski definition) is 2. The number of rotatable bonds is 4. The van der Waals surface area contributed by atoms with E-state index in [0.717, 1.165) is 9.17 Å². The van der Waals surface area contributed by atoms with Gasteiger partial charge in [0.2, 0.25) is 0 Å². The molecule has 2 aromatic carbocycles. The summed E-state index contributed by atoms with van der Waals surface area (Å²) in [5, 5.41) is 6.32. The number of hydrogen-bond acceptors (Lipinski definition) is 5. The van der Waals surface area contributed by atoms with Crippen molar-refractivity contribution in [2.45, 2.75) is 0 Å². The molecule has 0 spiro atoms. The number of fused-ring (bicyclic) bond motifs is 1. The first-order valence-electron chi connectivity index (χ1n) is 8.01. The lowest BCUT2D eigenvalue weighted by molar-refractivity contribution is 0.0994. The van der Waals surface area contributed by atoms with Gasteiger partial charge in [-0.1, -0.05) is 38.9 Å². The Kier molecular flexibility index (Phi) is 5.17. The molecule has 28 heavy (non-hydrogen) atoms. The van der Waals surface area contributed by atoms with Crippen molar-refractivity contribution in [2.24, 2.45) is 0 Å². The van der Waals surface area contributed by atoms with Crippen LogP contribution in [0, 0.1) is 0 Å². The second-order valence-corrected chi connectivity index (χ2v) is 8.06. The van der Waals surface area contributed by atoms with Crippen LogP contribution < -0.4 is 10.6 Å². The van der Waals surface area contributed by atoms with Gasteiger partial charge in [-0.05, 0) is 48.5 Å². The summed E-state index contributed by atoms with van der Waals surface area (Å²) < 4.78 is 6.64. The molecule has 2 amide bonds. The fourth-order valence-corrected chi connectivity index (χ4v) is 3.96. The highest BCUT2D eigenvalue weighted by atomic mass is 79.9. The maximum absolute atomic E-state index is 12.5. The first kappa shape index (κ1) is 18.7. The van der Waals surface area contributed by atoms with Crippen LogP contribution >= 0.6 is 38.9 Å². The Balaban J connectivity index is 1.54. The van der Waals surface area contributed by atoms with Crippen molar-refractivity contribution < 1.29 is 14.0 Å². The maximum atomic E-state index is 12.5. The Hall–Kier alpha value is -2.68. The van der Waals surface area contributed by atoms with E-state index in [2.05, 4.69) is 31.5 Å². The molecule has 0 saturated heterocycles. The second kappa shape index (κ2) is 7.75. The molecule has 0 aliphatic carbocycles. The topological polar surface area (TPSA) is 84.2 Å². The van der Waals surface area contributed by atoms with E-state index < -0.39 is 0 Å². The lowest BCUT2D eigenvalue weighted by atomic mass is 10.2. The number of nitrogens with one attached hydrogen (secondary N) is 2. The van der Waals surface area contributed by atoms with Gasteiger partial charge in [-0.15, -0.1) is 0 Å². The smallest absolute Gasteiger partial charge is 0.293 e. The zero-order valence-corrected chi connectivity index (χ0v) is 17.2. The average Bonchev–Trinajstić information content (AvgIpc) is 3.32. The quantitative estimate of drug-likeness (QED) is 0.389. The highest BCUT2D eigenvalue weighted by Crippen LogP contribution is 2.29. The van der Waals surface area contributed by atoms with Crippen LogP contribution in [0.15, 0.2) is 63.7 Å². The Bertz CT molecular complexity index is 1190. The van der Waals surface area contributed by atoms with Gasteiger partial charge in [-0.3, -0.25) is 14.9 Å². The molecular formula is C19H11BrClN3O3S. The van der Waals surface area contributed by atoms with Crippen molar-refractivity contribution in [1.29, 1.82) is 0 Å². The van der Waals surface area contributed by atoms with Crippen molar-refractivity contribution in [3.8, 4) is 0 Å². The van der Waals surface area contributed by atoms with E-state index in [0.29, 0.717) is 26.9 Å². The molecule has 140 valence electrons. The molecule has 0 aliphatic heterocycles. The Labute approximate surface area is 176 Å². The fraction of sp³-hybridized carbons (Fsp3) is 0. The molecule has 0 fully saturated rings. The molecule has 9 heteroatoms. The van der Waals surface area contributed by atoms with E-state index in [-0.39, 0.29) is 17.6 Å². The van der Waals surface area contributed by atoms with Crippen molar-refractivity contribution in [2.75, 3.05) is 10.6 Å². The van der Waals surface area contributed by atoms with Crippen molar-refractivity contribution in [3.63, 3.8) is 0 Å². The summed E-state index contributed by atoms with van der Waals surface area (Å²) in [6.45, 7) is 0. The van der Waals surface area contributed by atoms with E-state index >= 15 is 0 Å². The molecule has 0 radical (unpaired) electrons. The minimum absolute atomic E-state index is 0.207. The van der Waals surface area contributed by atoms with Gasteiger partial charge >= 0.3 is 0 Å². The number of furan rings is 1. The summed E-state index contributed by atoms with van der Waals surface area (Å²) in [5.41, 5.74) is 1.67. The lowest BCUT2D eigenvalue weighted by Gasteiger charge is -2.07. The van der Waals surface area contributed by atoms with Gasteiger partial charge in [0.05, 0.1) is 27.1 Å². The largest absolute Gasteiger partial charge is 0.459 e. The van der Waals surface area contributed by atoms with Crippen LogP contribution in [0.25, 0.3) is 10.2 Å². The molecule has 0 aliphatic rings. The SMILES string of the molecule is O=C(Nc1nc2ccc(NC(=O)c3cc(Br)ccc3Cl)cc2s1)c1ccco1. The molecule has 6 nitrogen and oxygen atoms in total. The van der Waals surface area contributed by atoms with Crippen molar-refractivity contribution >= 4 is 71.7 Å². The van der Waals surface area contributed by atoms with Gasteiger partial charge in [0, 0.05) is 10.2 Å². The van der Waals surface area contributed by atoms with E-state index in [1.807, 2.05) is 0 Å². The normalized spacial score (nSPS) is 10.8. The highest BCUT2D eigenvalue weighted by Gasteiger charge is 2.14. The maximum Gasteiger partial charge on any atom is 0.293 e. The number of carbonyl (C=O) groups is 2. The minimum atomic E-state index is -0.373. The summed E-state index contributed by atoms with van der Waals surface area (Å²) >= 11 is 10.7. The van der Waals surface area contributed by atoms with Crippen LogP contribution in [0.4, 0.5) is 10.8 Å². The Morgan fingerprint density at radius 2 is 1.93 bits per heavy atom. The van der Waals surface area contributed by atoms with E-state index in [9.17, 15) is 9.59 Å². The van der Waals surface area contributed by atoms with Gasteiger partial charge in [0.15, 0.2) is 10.9 Å². The predicted octanol–water partition coefficient (Wildman–Crippen LogP) is 5.81. The van der Waals surface area contributed by atoms with Crippen LogP contribution in [0.3, 0.4) is 0 Å². The fourth-order valence-electron chi connectivity index (χ4n) is 2.49. The summed E-state index contributed by atoms with van der Waals surface area (Å²) in [7, 11) is 0. The van der Waals surface area contributed by atoms with Crippen molar-refractivity contribution in [1.82, 2.24) is 4.98 Å². The Morgan fingerprint density at radius 1 is 1.07 bits per heavy atom. The van der Waals surface area contributed by atoms with Crippen LogP contribution in [0.2, 0.25) is 5.02 Å². The standard InChI is InChI=1S/C19H11BrClN3O3S/c20-10-3-5-13(21)12(8-10)17(25)22-11-4-6-14-16(9-11)28-19(23-14)24-18(26)15-2-1-7-27-15/h1-9H,(H,22,25)(H,23,24,26). The van der Waals surface area contributed by atoms with Crippen LogP contribution in [0.1, 0.15) is 20.9 Å².